The normalized spacial score (nSPS) is 14.7. The number of amides is 2. The van der Waals surface area contributed by atoms with Crippen LogP contribution in [0.2, 0.25) is 5.02 Å². The second kappa shape index (κ2) is 10.2. The molecule has 2 amide bonds. The Hall–Kier alpha value is -1.96. The van der Waals surface area contributed by atoms with Gasteiger partial charge >= 0.3 is 0 Å². The summed E-state index contributed by atoms with van der Waals surface area (Å²) in [5.41, 5.74) is 1.05. The predicted molar refractivity (Wildman–Crippen MR) is 114 cm³/mol. The van der Waals surface area contributed by atoms with Gasteiger partial charge in [-0.1, -0.05) is 33.6 Å². The zero-order chi connectivity index (χ0) is 20.8. The predicted octanol–water partition coefficient (Wildman–Crippen LogP) is 3.71. The first-order valence-corrected chi connectivity index (χ1v) is 10.6. The van der Waals surface area contributed by atoms with Crippen molar-refractivity contribution >= 4 is 39.3 Å². The van der Waals surface area contributed by atoms with Gasteiger partial charge in [0.2, 0.25) is 5.91 Å². The summed E-state index contributed by atoms with van der Waals surface area (Å²) in [5, 5.41) is 3.20. The number of rotatable bonds is 6. The van der Waals surface area contributed by atoms with Crippen molar-refractivity contribution in [2.75, 3.05) is 32.7 Å². The molecule has 1 saturated heterocycles. The molecule has 2 aromatic rings. The van der Waals surface area contributed by atoms with Crippen molar-refractivity contribution in [3.8, 4) is 0 Å². The lowest BCUT2D eigenvalue weighted by atomic mass is 10.1. The first kappa shape index (κ1) is 21.7. The summed E-state index contributed by atoms with van der Waals surface area (Å²) in [6, 6.07) is 11.7. The second-order valence-corrected chi connectivity index (χ2v) is 8.19. The average Bonchev–Trinajstić information content (AvgIpc) is 2.71. The molecule has 0 aromatic heterocycles. The molecular weight excluding hydrogens is 461 g/mol. The highest BCUT2D eigenvalue weighted by Gasteiger charge is 2.22. The maximum Gasteiger partial charge on any atom is 0.251 e. The van der Waals surface area contributed by atoms with Crippen LogP contribution in [0.5, 0.6) is 0 Å². The van der Waals surface area contributed by atoms with Gasteiger partial charge < -0.3 is 10.2 Å². The summed E-state index contributed by atoms with van der Waals surface area (Å²) in [7, 11) is 0. The van der Waals surface area contributed by atoms with E-state index in [4.69, 9.17) is 11.6 Å². The summed E-state index contributed by atoms with van der Waals surface area (Å²) >= 11 is 9.42. The number of nitrogens with zero attached hydrogens (tertiary/aromatic N) is 2. The fourth-order valence-corrected chi connectivity index (χ4v) is 3.69. The van der Waals surface area contributed by atoms with Gasteiger partial charge in [0, 0.05) is 66.3 Å². The van der Waals surface area contributed by atoms with Crippen LogP contribution in [0.25, 0.3) is 0 Å². The van der Waals surface area contributed by atoms with Gasteiger partial charge in [-0.3, -0.25) is 14.5 Å². The second-order valence-electron chi connectivity index (χ2n) is 6.87. The molecule has 3 rings (SSSR count). The molecule has 0 bridgehead atoms. The van der Waals surface area contributed by atoms with E-state index in [0.717, 1.165) is 4.47 Å². The van der Waals surface area contributed by atoms with Gasteiger partial charge in [0.25, 0.3) is 5.91 Å². The molecule has 0 atom stereocenters. The maximum absolute atomic E-state index is 13.9. The van der Waals surface area contributed by atoms with Crippen LogP contribution in [0.3, 0.4) is 0 Å². The topological polar surface area (TPSA) is 52.7 Å². The highest BCUT2D eigenvalue weighted by Crippen LogP contribution is 2.21. The van der Waals surface area contributed by atoms with Gasteiger partial charge in [-0.25, -0.2) is 4.39 Å². The Balaban J connectivity index is 1.41. The lowest BCUT2D eigenvalue weighted by Gasteiger charge is -2.35. The quantitative estimate of drug-likeness (QED) is 0.683. The molecule has 5 nitrogen and oxygen atoms in total. The standard InChI is InChI=1S/C21H22BrClFN3O2/c22-16-6-4-15(5-7-16)21(29)25-9-8-20(28)27-12-10-26(11-13-27)14-17-18(23)2-1-3-19(17)24/h1-7H,8-14H2,(H,25,29). The zero-order valence-corrected chi connectivity index (χ0v) is 18.2. The molecular formula is C21H22BrClFN3O2. The Labute approximate surface area is 182 Å². The average molecular weight is 483 g/mol. The van der Waals surface area contributed by atoms with Crippen LogP contribution in [0.4, 0.5) is 4.39 Å². The lowest BCUT2D eigenvalue weighted by Crippen LogP contribution is -2.48. The number of halogens is 3. The minimum atomic E-state index is -0.308. The van der Waals surface area contributed by atoms with Crippen molar-refractivity contribution in [1.82, 2.24) is 15.1 Å². The first-order chi connectivity index (χ1) is 13.9. The molecule has 0 saturated carbocycles. The van der Waals surface area contributed by atoms with Crippen LogP contribution in [-0.4, -0.2) is 54.3 Å². The van der Waals surface area contributed by atoms with Gasteiger partial charge in [0.1, 0.15) is 5.82 Å². The van der Waals surface area contributed by atoms with Crippen molar-refractivity contribution in [2.24, 2.45) is 0 Å². The fourth-order valence-electron chi connectivity index (χ4n) is 3.21. The van der Waals surface area contributed by atoms with Crippen LogP contribution in [0.15, 0.2) is 46.9 Å². The summed E-state index contributed by atoms with van der Waals surface area (Å²) in [6.45, 7) is 3.18. The number of benzene rings is 2. The van der Waals surface area contributed by atoms with E-state index in [9.17, 15) is 14.0 Å². The van der Waals surface area contributed by atoms with E-state index in [1.807, 2.05) is 0 Å². The monoisotopic (exact) mass is 481 g/mol. The summed E-state index contributed by atoms with van der Waals surface area (Å²) in [4.78, 5) is 28.4. The van der Waals surface area contributed by atoms with Gasteiger partial charge in [-0.15, -0.1) is 0 Å². The molecule has 1 aliphatic heterocycles. The molecule has 0 radical (unpaired) electrons. The van der Waals surface area contributed by atoms with Gasteiger partial charge in [-0.2, -0.15) is 0 Å². The molecule has 154 valence electrons. The van der Waals surface area contributed by atoms with E-state index in [0.29, 0.717) is 55.4 Å². The molecule has 1 heterocycles. The van der Waals surface area contributed by atoms with Crippen molar-refractivity contribution in [1.29, 1.82) is 0 Å². The van der Waals surface area contributed by atoms with E-state index in [1.165, 1.54) is 6.07 Å². The molecule has 2 aromatic carbocycles. The molecule has 0 aliphatic carbocycles. The molecule has 1 fully saturated rings. The third-order valence-corrected chi connectivity index (χ3v) is 5.78. The highest BCUT2D eigenvalue weighted by atomic mass is 79.9. The van der Waals surface area contributed by atoms with Crippen LogP contribution in [-0.2, 0) is 11.3 Å². The van der Waals surface area contributed by atoms with Gasteiger partial charge in [0.05, 0.1) is 0 Å². The van der Waals surface area contributed by atoms with E-state index in [1.54, 1.807) is 41.3 Å². The van der Waals surface area contributed by atoms with Crippen molar-refractivity contribution in [3.63, 3.8) is 0 Å². The van der Waals surface area contributed by atoms with Crippen molar-refractivity contribution in [2.45, 2.75) is 13.0 Å². The van der Waals surface area contributed by atoms with Crippen molar-refractivity contribution in [3.05, 3.63) is 68.9 Å². The van der Waals surface area contributed by atoms with Crippen LogP contribution in [0.1, 0.15) is 22.3 Å². The Morgan fingerprint density at radius 2 is 1.76 bits per heavy atom. The Morgan fingerprint density at radius 3 is 2.41 bits per heavy atom. The Kier molecular flexibility index (Phi) is 7.64. The highest BCUT2D eigenvalue weighted by molar-refractivity contribution is 9.10. The lowest BCUT2D eigenvalue weighted by molar-refractivity contribution is -0.132. The molecule has 0 spiro atoms. The van der Waals surface area contributed by atoms with Crippen LogP contribution < -0.4 is 5.32 Å². The molecule has 1 N–H and O–H groups in total. The Bertz CT molecular complexity index is 850. The minimum Gasteiger partial charge on any atom is -0.352 e. The van der Waals surface area contributed by atoms with Gasteiger partial charge in [-0.05, 0) is 36.4 Å². The number of hydrogen-bond acceptors (Lipinski definition) is 3. The SMILES string of the molecule is O=C(NCCC(=O)N1CCN(Cc2c(F)cccc2Cl)CC1)c1ccc(Br)cc1. The molecule has 29 heavy (non-hydrogen) atoms. The Morgan fingerprint density at radius 1 is 1.07 bits per heavy atom. The van der Waals surface area contributed by atoms with E-state index >= 15 is 0 Å². The third-order valence-electron chi connectivity index (χ3n) is 4.90. The van der Waals surface area contributed by atoms with Crippen molar-refractivity contribution < 1.29 is 14.0 Å². The number of carbonyl (C=O) groups excluding carboxylic acids is 2. The third kappa shape index (κ3) is 6.01. The molecule has 0 unspecified atom stereocenters. The fraction of sp³-hybridized carbons (Fsp3) is 0.333. The summed E-state index contributed by atoms with van der Waals surface area (Å²) in [6.07, 6.45) is 0.251. The number of hydrogen-bond donors (Lipinski definition) is 1. The van der Waals surface area contributed by atoms with Crippen LogP contribution >= 0.6 is 27.5 Å². The van der Waals surface area contributed by atoms with E-state index in [2.05, 4.69) is 26.1 Å². The first-order valence-electron chi connectivity index (χ1n) is 9.41. The smallest absolute Gasteiger partial charge is 0.251 e. The van der Waals surface area contributed by atoms with E-state index in [-0.39, 0.29) is 24.1 Å². The number of piperazine rings is 1. The molecule has 1 aliphatic rings. The number of carbonyl (C=O) groups is 2. The maximum atomic E-state index is 13.9. The summed E-state index contributed by atoms with van der Waals surface area (Å²) < 4.78 is 14.8. The molecule has 8 heteroatoms. The summed E-state index contributed by atoms with van der Waals surface area (Å²) in [5.74, 6) is -0.501. The number of nitrogens with one attached hydrogen (secondary N) is 1. The van der Waals surface area contributed by atoms with E-state index < -0.39 is 0 Å². The largest absolute Gasteiger partial charge is 0.352 e. The minimum absolute atomic E-state index is 0.00433. The van der Waals surface area contributed by atoms with Gasteiger partial charge in [0.15, 0.2) is 0 Å². The van der Waals surface area contributed by atoms with Crippen LogP contribution in [0, 0.1) is 5.82 Å². The zero-order valence-electron chi connectivity index (χ0n) is 15.8.